The van der Waals surface area contributed by atoms with Gasteiger partial charge in [0.25, 0.3) is 0 Å². The molecule has 0 bridgehead atoms. The second-order valence-corrected chi connectivity index (χ2v) is 4.42. The van der Waals surface area contributed by atoms with Gasteiger partial charge in [-0.2, -0.15) is 0 Å². The van der Waals surface area contributed by atoms with E-state index in [4.69, 9.17) is 5.48 Å². The van der Waals surface area contributed by atoms with Gasteiger partial charge in [-0.15, -0.1) is 0 Å². The Morgan fingerprint density at radius 1 is 0.933 bits per heavy atom. The van der Waals surface area contributed by atoms with Crippen molar-refractivity contribution in [2.24, 2.45) is 0 Å². The quantitative estimate of drug-likeness (QED) is 0.600. The van der Waals surface area contributed by atoms with Gasteiger partial charge in [0.05, 0.1) is 5.48 Å². The summed E-state index contributed by atoms with van der Waals surface area (Å²) >= 11 is 0. The van der Waals surface area contributed by atoms with Crippen molar-refractivity contribution in [1.82, 2.24) is 0 Å². The first-order valence-corrected chi connectivity index (χ1v) is 5.08. The Hall–Kier alpha value is -1.56. The van der Waals surface area contributed by atoms with E-state index >= 15 is 0 Å². The largest absolute Gasteiger partial charge is 0.0629 e. The van der Waals surface area contributed by atoms with Crippen molar-refractivity contribution in [3.05, 3.63) is 59.6 Å². The predicted molar refractivity (Wildman–Crippen MR) is 64.0 cm³/mol. The minimum absolute atomic E-state index is 0.0639. The molecule has 2 aromatic carbocycles. The smallest absolute Gasteiger partial charge is 0.0619 e. The number of hydrogen-bond acceptors (Lipinski definition) is 0. The summed E-state index contributed by atoms with van der Waals surface area (Å²) in [6.07, 6.45) is 0. The molecule has 2 aromatic rings. The topological polar surface area (TPSA) is 0 Å². The third kappa shape index (κ3) is 1.02. The molecule has 3 rings (SSSR count). The molecule has 0 fully saturated rings. The third-order valence-electron chi connectivity index (χ3n) is 3.18. The van der Waals surface area contributed by atoms with Crippen molar-refractivity contribution < 1.29 is 5.48 Å². The van der Waals surface area contributed by atoms with E-state index in [1.807, 2.05) is 38.1 Å². The summed E-state index contributed by atoms with van der Waals surface area (Å²) in [4.78, 5) is 0. The average molecular weight is 198 g/mol. The van der Waals surface area contributed by atoms with Crippen LogP contribution in [0.15, 0.2) is 48.4 Å². The molecule has 1 aliphatic rings. The lowest BCUT2D eigenvalue weighted by Gasteiger charge is -2.20. The molecule has 0 heterocycles. The van der Waals surface area contributed by atoms with Gasteiger partial charge in [0.15, 0.2) is 0 Å². The second-order valence-electron chi connectivity index (χ2n) is 4.42. The summed E-state index contributed by atoms with van der Waals surface area (Å²) in [5.41, 5.74) is 2.97. The SMILES string of the molecule is [2H]c1c([2H])c([2H])c2c(c1[2H])-c1ccccc1C2(C)C. The van der Waals surface area contributed by atoms with Crippen LogP contribution in [0.1, 0.15) is 30.5 Å². The molecule has 0 saturated heterocycles. The van der Waals surface area contributed by atoms with Gasteiger partial charge in [-0.3, -0.25) is 0 Å². The Bertz CT molecular complexity index is 702. The predicted octanol–water partition coefficient (Wildman–Crippen LogP) is 3.99. The summed E-state index contributed by atoms with van der Waals surface area (Å²) in [5.74, 6) is 0. The van der Waals surface area contributed by atoms with Crippen LogP contribution in [0.3, 0.4) is 0 Å². The molecule has 0 spiro atoms. The van der Waals surface area contributed by atoms with E-state index in [1.165, 1.54) is 0 Å². The zero-order valence-corrected chi connectivity index (χ0v) is 8.81. The Morgan fingerprint density at radius 3 is 2.53 bits per heavy atom. The lowest BCUT2D eigenvalue weighted by Crippen LogP contribution is -2.14. The van der Waals surface area contributed by atoms with Crippen LogP contribution in [-0.2, 0) is 5.41 Å². The van der Waals surface area contributed by atoms with Crippen LogP contribution in [0, 0.1) is 0 Å². The number of benzene rings is 2. The molecule has 0 heteroatoms. The van der Waals surface area contributed by atoms with Gasteiger partial charge in [0.1, 0.15) is 0 Å². The van der Waals surface area contributed by atoms with E-state index in [9.17, 15) is 0 Å². The molecule has 15 heavy (non-hydrogen) atoms. The Balaban J connectivity index is 2.53. The summed E-state index contributed by atoms with van der Waals surface area (Å²) in [6, 6.07) is 7.63. The van der Waals surface area contributed by atoms with Crippen LogP contribution in [0.25, 0.3) is 11.1 Å². The van der Waals surface area contributed by atoms with Crippen molar-refractivity contribution in [1.29, 1.82) is 0 Å². The van der Waals surface area contributed by atoms with Crippen LogP contribution < -0.4 is 0 Å². The van der Waals surface area contributed by atoms with Gasteiger partial charge in [0.2, 0.25) is 0 Å². The molecule has 0 amide bonds. The van der Waals surface area contributed by atoms with E-state index in [0.717, 1.165) is 11.1 Å². The maximum Gasteiger partial charge on any atom is 0.0629 e. The molecule has 0 aromatic heterocycles. The summed E-state index contributed by atoms with van der Waals surface area (Å²) in [5, 5.41) is 0. The van der Waals surface area contributed by atoms with E-state index < -0.39 is 0 Å². The first kappa shape index (κ1) is 5.50. The van der Waals surface area contributed by atoms with Crippen molar-refractivity contribution in [3.63, 3.8) is 0 Å². The summed E-state index contributed by atoms with van der Waals surface area (Å²) in [6.45, 7) is 4.02. The molecule has 0 N–H and O–H groups in total. The fourth-order valence-corrected chi connectivity index (χ4v) is 2.36. The van der Waals surface area contributed by atoms with Crippen LogP contribution >= 0.6 is 0 Å². The van der Waals surface area contributed by atoms with E-state index in [0.29, 0.717) is 11.1 Å². The Kier molecular flexibility index (Phi) is 1.00. The molecule has 0 radical (unpaired) electrons. The lowest BCUT2D eigenvalue weighted by atomic mass is 9.82. The van der Waals surface area contributed by atoms with Gasteiger partial charge in [0, 0.05) is 5.41 Å². The van der Waals surface area contributed by atoms with Crippen LogP contribution in [0.2, 0.25) is 0 Å². The van der Waals surface area contributed by atoms with E-state index in [-0.39, 0.29) is 29.6 Å². The van der Waals surface area contributed by atoms with Crippen molar-refractivity contribution >= 4 is 0 Å². The first-order chi connectivity index (χ1) is 8.87. The van der Waals surface area contributed by atoms with Gasteiger partial charge < -0.3 is 0 Å². The van der Waals surface area contributed by atoms with E-state index in [1.54, 1.807) is 0 Å². The number of rotatable bonds is 0. The molecule has 0 aliphatic heterocycles. The molecule has 1 aliphatic carbocycles. The minimum Gasteiger partial charge on any atom is -0.0619 e. The maximum atomic E-state index is 8.15. The monoisotopic (exact) mass is 198 g/mol. The first-order valence-electron chi connectivity index (χ1n) is 7.08. The summed E-state index contributed by atoms with van der Waals surface area (Å²) < 4.78 is 32.0. The number of fused-ring (bicyclic) bond motifs is 3. The van der Waals surface area contributed by atoms with Crippen molar-refractivity contribution in [2.45, 2.75) is 19.3 Å². The average Bonchev–Trinajstić information content (AvgIpc) is 2.63. The van der Waals surface area contributed by atoms with Gasteiger partial charge >= 0.3 is 0 Å². The normalized spacial score (nSPS) is 19.6. The Morgan fingerprint density at radius 2 is 1.67 bits per heavy atom. The Labute approximate surface area is 96.2 Å². The van der Waals surface area contributed by atoms with Crippen molar-refractivity contribution in [3.8, 4) is 11.1 Å². The molecule has 0 nitrogen and oxygen atoms in total. The maximum absolute atomic E-state index is 8.15. The van der Waals surface area contributed by atoms with Gasteiger partial charge in [-0.1, -0.05) is 62.3 Å². The second kappa shape index (κ2) is 2.73. The highest BCUT2D eigenvalue weighted by molar-refractivity contribution is 5.80. The van der Waals surface area contributed by atoms with Crippen LogP contribution in [0.5, 0.6) is 0 Å². The fraction of sp³-hybridized carbons (Fsp3) is 0.200. The molecule has 74 valence electrons. The fourth-order valence-electron chi connectivity index (χ4n) is 2.36. The zero-order chi connectivity index (χ0) is 13.9. The summed E-state index contributed by atoms with van der Waals surface area (Å²) in [7, 11) is 0. The molecule has 0 saturated carbocycles. The van der Waals surface area contributed by atoms with Crippen LogP contribution in [0.4, 0.5) is 0 Å². The van der Waals surface area contributed by atoms with Crippen LogP contribution in [-0.4, -0.2) is 0 Å². The molecule has 0 atom stereocenters. The van der Waals surface area contributed by atoms with E-state index in [2.05, 4.69) is 0 Å². The van der Waals surface area contributed by atoms with Gasteiger partial charge in [-0.25, -0.2) is 0 Å². The third-order valence-corrected chi connectivity index (χ3v) is 3.18. The molecular weight excluding hydrogens is 180 g/mol. The minimum atomic E-state index is -0.387. The molecule has 0 unspecified atom stereocenters. The highest BCUT2D eigenvalue weighted by Crippen LogP contribution is 2.47. The standard InChI is InChI=1S/C15H14/c1-15(2)13-9-5-3-7-11(13)12-8-4-6-10-14(12)15/h3-10H,1-2H3/i3D,5D,7D,9D. The lowest BCUT2D eigenvalue weighted by molar-refractivity contribution is 0.660. The van der Waals surface area contributed by atoms with Gasteiger partial charge in [-0.05, 0) is 22.3 Å². The molecular formula is C15H14. The number of hydrogen-bond donors (Lipinski definition) is 0. The highest BCUT2D eigenvalue weighted by atomic mass is 14.4. The zero-order valence-electron chi connectivity index (χ0n) is 12.8. The van der Waals surface area contributed by atoms with Crippen molar-refractivity contribution in [2.75, 3.05) is 0 Å². The highest BCUT2D eigenvalue weighted by Gasteiger charge is 2.34.